The normalized spacial score (nSPS) is 19.8. The minimum Gasteiger partial charge on any atom is -0.346 e. The minimum absolute atomic E-state index is 0. The molecule has 0 radical (unpaired) electrons. The van der Waals surface area contributed by atoms with Crippen LogP contribution in [-0.2, 0) is 0 Å². The zero-order valence-corrected chi connectivity index (χ0v) is 14.9. The number of halogens is 3. The molecule has 2 N–H and O–H groups in total. The smallest absolute Gasteiger partial charge is 0.270 e. The summed E-state index contributed by atoms with van der Waals surface area (Å²) in [6.07, 6.45) is 4.13. The molecular weight excluding hydrogens is 354 g/mol. The van der Waals surface area contributed by atoms with Gasteiger partial charge in [-0.3, -0.25) is 9.36 Å². The molecule has 132 valence electrons. The Morgan fingerprint density at radius 1 is 1.33 bits per heavy atom. The molecule has 3 rings (SSSR count). The van der Waals surface area contributed by atoms with E-state index in [9.17, 15) is 9.18 Å². The molecule has 1 saturated heterocycles. The van der Waals surface area contributed by atoms with E-state index in [1.807, 2.05) is 0 Å². The molecule has 24 heavy (non-hydrogen) atoms. The summed E-state index contributed by atoms with van der Waals surface area (Å²) in [4.78, 5) is 16.6. The monoisotopic (exact) mass is 374 g/mol. The zero-order chi connectivity index (χ0) is 15.5. The van der Waals surface area contributed by atoms with E-state index in [4.69, 9.17) is 0 Å². The molecule has 1 aliphatic heterocycles. The molecule has 0 spiro atoms. The number of amides is 1. The lowest BCUT2D eigenvalue weighted by Crippen LogP contribution is -2.50. The Labute approximate surface area is 152 Å². The number of hydrogen-bond acceptors (Lipinski definition) is 3. The summed E-state index contributed by atoms with van der Waals surface area (Å²) < 4.78 is 14.7. The number of benzene rings is 1. The summed E-state index contributed by atoms with van der Waals surface area (Å²) in [7, 11) is 0. The van der Waals surface area contributed by atoms with Crippen molar-refractivity contribution in [1.29, 1.82) is 0 Å². The van der Waals surface area contributed by atoms with Crippen molar-refractivity contribution in [2.75, 3.05) is 13.1 Å². The van der Waals surface area contributed by atoms with E-state index in [1.54, 1.807) is 23.0 Å². The topological polar surface area (TPSA) is 58.9 Å². The summed E-state index contributed by atoms with van der Waals surface area (Å²) in [5.41, 5.74) is 1.16. The number of hydrogen-bond donors (Lipinski definition) is 2. The van der Waals surface area contributed by atoms with Crippen molar-refractivity contribution in [3.8, 4) is 5.69 Å². The Morgan fingerprint density at radius 2 is 2.04 bits per heavy atom. The highest BCUT2D eigenvalue weighted by Gasteiger charge is 2.24. The number of rotatable bonds is 3. The van der Waals surface area contributed by atoms with Crippen LogP contribution in [0.5, 0.6) is 0 Å². The molecule has 0 aliphatic carbocycles. The van der Waals surface area contributed by atoms with Crippen molar-refractivity contribution in [2.45, 2.75) is 19.4 Å². The number of carbonyl (C=O) groups is 1. The largest absolute Gasteiger partial charge is 0.346 e. The summed E-state index contributed by atoms with van der Waals surface area (Å²) >= 11 is 0. The predicted molar refractivity (Wildman–Crippen MR) is 95.9 cm³/mol. The highest BCUT2D eigenvalue weighted by atomic mass is 35.5. The van der Waals surface area contributed by atoms with Crippen LogP contribution >= 0.6 is 24.8 Å². The first-order valence-electron chi connectivity index (χ1n) is 7.45. The third-order valence-corrected chi connectivity index (χ3v) is 4.12. The molecule has 1 aromatic carbocycles. The summed E-state index contributed by atoms with van der Waals surface area (Å²) in [6, 6.07) is 6.09. The van der Waals surface area contributed by atoms with Gasteiger partial charge in [-0.05, 0) is 43.1 Å². The Bertz CT molecular complexity index is 662. The van der Waals surface area contributed by atoms with Gasteiger partial charge in [-0.1, -0.05) is 6.92 Å². The van der Waals surface area contributed by atoms with E-state index in [2.05, 4.69) is 22.5 Å². The number of nitrogens with zero attached hydrogens (tertiary/aromatic N) is 2. The van der Waals surface area contributed by atoms with Crippen molar-refractivity contribution < 1.29 is 9.18 Å². The second-order valence-electron chi connectivity index (χ2n) is 5.68. The first kappa shape index (κ1) is 20.4. The van der Waals surface area contributed by atoms with Crippen LogP contribution in [0, 0.1) is 11.7 Å². The number of aromatic nitrogens is 2. The summed E-state index contributed by atoms with van der Waals surface area (Å²) in [5.74, 6) is -0.0354. The van der Waals surface area contributed by atoms with Gasteiger partial charge in [0.2, 0.25) is 0 Å². The molecule has 2 atom stereocenters. The van der Waals surface area contributed by atoms with Gasteiger partial charge < -0.3 is 10.6 Å². The first-order chi connectivity index (χ1) is 10.6. The third-order valence-electron chi connectivity index (χ3n) is 4.12. The molecule has 1 amide bonds. The molecular formula is C16H21Cl2FN4O. The maximum atomic E-state index is 13.0. The van der Waals surface area contributed by atoms with Crippen LogP contribution in [0.1, 0.15) is 23.8 Å². The number of imidazole rings is 1. The third kappa shape index (κ3) is 4.47. The van der Waals surface area contributed by atoms with Crippen LogP contribution in [0.4, 0.5) is 4.39 Å². The lowest BCUT2D eigenvalue weighted by molar-refractivity contribution is 0.0908. The molecule has 8 heteroatoms. The quantitative estimate of drug-likeness (QED) is 0.867. The Balaban J connectivity index is 0.00000144. The number of carbonyl (C=O) groups excluding carboxylic acids is 1. The number of nitrogens with one attached hydrogen (secondary N) is 2. The van der Waals surface area contributed by atoms with Gasteiger partial charge in [0.1, 0.15) is 11.5 Å². The lowest BCUT2D eigenvalue weighted by atomic mass is 9.95. The first-order valence-corrected chi connectivity index (χ1v) is 7.45. The van der Waals surface area contributed by atoms with Gasteiger partial charge in [-0.15, -0.1) is 24.8 Å². The Morgan fingerprint density at radius 3 is 2.71 bits per heavy atom. The fourth-order valence-corrected chi connectivity index (χ4v) is 2.70. The van der Waals surface area contributed by atoms with Crippen LogP contribution < -0.4 is 10.6 Å². The zero-order valence-electron chi connectivity index (χ0n) is 13.2. The summed E-state index contributed by atoms with van der Waals surface area (Å²) in [6.45, 7) is 3.90. The van der Waals surface area contributed by atoms with E-state index < -0.39 is 0 Å². The summed E-state index contributed by atoms with van der Waals surface area (Å²) in [5, 5.41) is 6.35. The fraction of sp³-hybridized carbons (Fsp3) is 0.375. The van der Waals surface area contributed by atoms with Gasteiger partial charge in [0.15, 0.2) is 0 Å². The van der Waals surface area contributed by atoms with Crippen LogP contribution in [0.15, 0.2) is 36.8 Å². The molecule has 0 bridgehead atoms. The maximum absolute atomic E-state index is 13.0. The molecule has 2 aromatic rings. The van der Waals surface area contributed by atoms with E-state index in [1.165, 1.54) is 18.3 Å². The number of piperidine rings is 1. The molecule has 1 aliphatic rings. The fourth-order valence-electron chi connectivity index (χ4n) is 2.70. The minimum atomic E-state index is -0.308. The highest BCUT2D eigenvalue weighted by molar-refractivity contribution is 5.93. The van der Waals surface area contributed by atoms with E-state index in [0.29, 0.717) is 17.3 Å². The average Bonchev–Trinajstić information content (AvgIpc) is 3.00. The maximum Gasteiger partial charge on any atom is 0.270 e. The second kappa shape index (κ2) is 9.01. The van der Waals surface area contributed by atoms with Crippen molar-refractivity contribution in [1.82, 2.24) is 20.2 Å². The molecule has 2 unspecified atom stereocenters. The van der Waals surface area contributed by atoms with Gasteiger partial charge in [-0.25, -0.2) is 9.37 Å². The Kier molecular flexibility index (Phi) is 7.66. The molecule has 1 aromatic heterocycles. The molecule has 0 saturated carbocycles. The molecule has 5 nitrogen and oxygen atoms in total. The SMILES string of the molecule is CC1CCNCC1NC(=O)c1cncn1-c1ccc(F)cc1.Cl.Cl. The van der Waals surface area contributed by atoms with Crippen molar-refractivity contribution in [3.05, 3.63) is 48.3 Å². The van der Waals surface area contributed by atoms with Crippen LogP contribution in [0.3, 0.4) is 0 Å². The van der Waals surface area contributed by atoms with E-state index in [-0.39, 0.29) is 42.6 Å². The van der Waals surface area contributed by atoms with Gasteiger partial charge in [0, 0.05) is 18.3 Å². The van der Waals surface area contributed by atoms with E-state index >= 15 is 0 Å². The van der Waals surface area contributed by atoms with Crippen LogP contribution in [0.2, 0.25) is 0 Å². The van der Waals surface area contributed by atoms with Gasteiger partial charge >= 0.3 is 0 Å². The van der Waals surface area contributed by atoms with Crippen LogP contribution in [0.25, 0.3) is 5.69 Å². The van der Waals surface area contributed by atoms with Gasteiger partial charge in [-0.2, -0.15) is 0 Å². The predicted octanol–water partition coefficient (Wildman–Crippen LogP) is 2.58. The molecule has 1 fully saturated rings. The van der Waals surface area contributed by atoms with Gasteiger partial charge in [0.25, 0.3) is 5.91 Å². The molecule has 2 heterocycles. The highest BCUT2D eigenvalue weighted by Crippen LogP contribution is 2.15. The van der Waals surface area contributed by atoms with Crippen molar-refractivity contribution in [3.63, 3.8) is 0 Å². The van der Waals surface area contributed by atoms with Crippen molar-refractivity contribution >= 4 is 30.7 Å². The van der Waals surface area contributed by atoms with Gasteiger partial charge in [0.05, 0.1) is 12.5 Å². The Hall–Kier alpha value is -1.63. The average molecular weight is 375 g/mol. The second-order valence-corrected chi connectivity index (χ2v) is 5.68. The standard InChI is InChI=1S/C16H19FN4O.2ClH/c1-11-6-7-18-8-14(11)20-16(22)15-9-19-10-21(15)13-4-2-12(17)3-5-13;;/h2-5,9-11,14,18H,6-8H2,1H3,(H,20,22);2*1H. The van der Waals surface area contributed by atoms with Crippen molar-refractivity contribution in [2.24, 2.45) is 5.92 Å². The van der Waals surface area contributed by atoms with Crippen LogP contribution in [-0.4, -0.2) is 34.6 Å². The lowest BCUT2D eigenvalue weighted by Gasteiger charge is -2.30. The van der Waals surface area contributed by atoms with E-state index in [0.717, 1.165) is 19.5 Å².